The van der Waals surface area contributed by atoms with Gasteiger partial charge in [0.2, 0.25) is 0 Å². The fourth-order valence-corrected chi connectivity index (χ4v) is 2.12. The lowest BCUT2D eigenvalue weighted by Crippen LogP contribution is -2.19. The SMILES string of the molecule is NC(CO)c1cncn1CCc1nccs1. The van der Waals surface area contributed by atoms with E-state index in [0.29, 0.717) is 0 Å². The summed E-state index contributed by atoms with van der Waals surface area (Å²) in [5.74, 6) is 0. The zero-order valence-electron chi connectivity index (χ0n) is 8.78. The van der Waals surface area contributed by atoms with Crippen molar-refractivity contribution in [1.82, 2.24) is 14.5 Å². The van der Waals surface area contributed by atoms with Gasteiger partial charge in [-0.2, -0.15) is 0 Å². The number of thiazole rings is 1. The van der Waals surface area contributed by atoms with Crippen LogP contribution < -0.4 is 5.73 Å². The Morgan fingerprint density at radius 2 is 2.44 bits per heavy atom. The smallest absolute Gasteiger partial charge is 0.0948 e. The molecule has 2 aromatic rings. The Morgan fingerprint density at radius 1 is 1.56 bits per heavy atom. The summed E-state index contributed by atoms with van der Waals surface area (Å²) in [5, 5.41) is 12.1. The van der Waals surface area contributed by atoms with E-state index in [-0.39, 0.29) is 12.6 Å². The first kappa shape index (κ1) is 11.3. The van der Waals surface area contributed by atoms with Crippen molar-refractivity contribution >= 4 is 11.3 Å². The summed E-state index contributed by atoms with van der Waals surface area (Å²) in [4.78, 5) is 8.26. The Balaban J connectivity index is 2.01. The van der Waals surface area contributed by atoms with E-state index >= 15 is 0 Å². The fraction of sp³-hybridized carbons (Fsp3) is 0.400. The van der Waals surface area contributed by atoms with Gasteiger partial charge in [-0.3, -0.25) is 0 Å². The molecule has 0 radical (unpaired) electrons. The highest BCUT2D eigenvalue weighted by atomic mass is 32.1. The highest BCUT2D eigenvalue weighted by molar-refractivity contribution is 7.09. The second kappa shape index (κ2) is 5.20. The summed E-state index contributed by atoms with van der Waals surface area (Å²) in [7, 11) is 0. The molecular formula is C10H14N4OS. The van der Waals surface area contributed by atoms with Crippen LogP contribution in [-0.4, -0.2) is 26.2 Å². The van der Waals surface area contributed by atoms with Crippen molar-refractivity contribution in [2.24, 2.45) is 5.73 Å². The molecule has 0 aromatic carbocycles. The third-order valence-corrected chi connectivity index (χ3v) is 3.21. The minimum Gasteiger partial charge on any atom is -0.394 e. The van der Waals surface area contributed by atoms with Crippen molar-refractivity contribution in [3.8, 4) is 0 Å². The van der Waals surface area contributed by atoms with Crippen molar-refractivity contribution in [3.05, 3.63) is 34.8 Å². The summed E-state index contributed by atoms with van der Waals surface area (Å²) >= 11 is 1.64. The molecule has 0 fully saturated rings. The third-order valence-electron chi connectivity index (χ3n) is 2.37. The number of aliphatic hydroxyl groups excluding tert-OH is 1. The van der Waals surface area contributed by atoms with Crippen molar-refractivity contribution < 1.29 is 5.11 Å². The summed E-state index contributed by atoms with van der Waals surface area (Å²) in [6, 6.07) is -0.362. The second-order valence-electron chi connectivity index (χ2n) is 3.48. The topological polar surface area (TPSA) is 77.0 Å². The zero-order valence-corrected chi connectivity index (χ0v) is 9.60. The molecule has 1 atom stereocenters. The molecule has 0 aliphatic rings. The predicted octanol–water partition coefficient (Wildman–Crippen LogP) is 0.574. The molecule has 2 aromatic heterocycles. The number of aliphatic hydroxyl groups is 1. The van der Waals surface area contributed by atoms with E-state index in [4.69, 9.17) is 10.8 Å². The number of aromatic nitrogens is 3. The van der Waals surface area contributed by atoms with Gasteiger partial charge in [0.25, 0.3) is 0 Å². The van der Waals surface area contributed by atoms with Crippen LogP contribution in [-0.2, 0) is 13.0 Å². The predicted molar refractivity (Wildman–Crippen MR) is 62.1 cm³/mol. The number of hydrogen-bond donors (Lipinski definition) is 2. The van der Waals surface area contributed by atoms with Crippen molar-refractivity contribution in [3.63, 3.8) is 0 Å². The molecule has 0 aliphatic carbocycles. The van der Waals surface area contributed by atoms with Gasteiger partial charge >= 0.3 is 0 Å². The molecule has 0 bridgehead atoms. The highest BCUT2D eigenvalue weighted by Gasteiger charge is 2.10. The van der Waals surface area contributed by atoms with E-state index in [1.54, 1.807) is 30.1 Å². The van der Waals surface area contributed by atoms with Crippen molar-refractivity contribution in [2.45, 2.75) is 19.0 Å². The van der Waals surface area contributed by atoms with Gasteiger partial charge < -0.3 is 15.4 Å². The number of imidazole rings is 1. The highest BCUT2D eigenvalue weighted by Crippen LogP contribution is 2.11. The van der Waals surface area contributed by atoms with E-state index < -0.39 is 0 Å². The molecule has 16 heavy (non-hydrogen) atoms. The van der Waals surface area contributed by atoms with Crippen LogP contribution in [0.4, 0.5) is 0 Å². The van der Waals surface area contributed by atoms with Gasteiger partial charge in [0.05, 0.1) is 29.7 Å². The van der Waals surface area contributed by atoms with Gasteiger partial charge in [0.1, 0.15) is 0 Å². The van der Waals surface area contributed by atoms with E-state index in [2.05, 4.69) is 9.97 Å². The Labute approximate surface area is 97.6 Å². The van der Waals surface area contributed by atoms with Crippen LogP contribution in [0.1, 0.15) is 16.7 Å². The summed E-state index contributed by atoms with van der Waals surface area (Å²) < 4.78 is 1.96. The molecule has 0 aliphatic heterocycles. The van der Waals surface area contributed by atoms with Crippen LogP contribution in [0.25, 0.3) is 0 Å². The average molecular weight is 238 g/mol. The van der Waals surface area contributed by atoms with Gasteiger partial charge in [-0.25, -0.2) is 9.97 Å². The molecular weight excluding hydrogens is 224 g/mol. The fourth-order valence-electron chi connectivity index (χ4n) is 1.51. The standard InChI is InChI=1S/C10H14N4OS/c11-8(6-15)9-5-12-7-14(9)3-1-10-13-2-4-16-10/h2,4-5,7-8,15H,1,3,6,11H2. The normalized spacial score (nSPS) is 12.9. The average Bonchev–Trinajstić information content (AvgIpc) is 2.96. The first-order valence-corrected chi connectivity index (χ1v) is 5.94. The van der Waals surface area contributed by atoms with E-state index in [1.165, 1.54) is 0 Å². The molecule has 3 N–H and O–H groups in total. The Kier molecular flexibility index (Phi) is 3.66. The van der Waals surface area contributed by atoms with Crippen LogP contribution in [0.15, 0.2) is 24.1 Å². The van der Waals surface area contributed by atoms with E-state index in [1.807, 2.05) is 9.95 Å². The Morgan fingerprint density at radius 3 is 3.12 bits per heavy atom. The van der Waals surface area contributed by atoms with Crippen LogP contribution in [0.3, 0.4) is 0 Å². The summed E-state index contributed by atoms with van der Waals surface area (Å²) in [5.41, 5.74) is 6.62. The molecule has 0 saturated heterocycles. The van der Waals surface area contributed by atoms with Crippen molar-refractivity contribution in [2.75, 3.05) is 6.61 Å². The lowest BCUT2D eigenvalue weighted by atomic mass is 10.2. The molecule has 2 heterocycles. The van der Waals surface area contributed by atoms with Gasteiger partial charge in [-0.05, 0) is 0 Å². The molecule has 5 nitrogen and oxygen atoms in total. The number of aryl methyl sites for hydroxylation is 2. The van der Waals surface area contributed by atoms with E-state index in [0.717, 1.165) is 23.7 Å². The van der Waals surface area contributed by atoms with Gasteiger partial charge in [-0.1, -0.05) is 0 Å². The Hall–Kier alpha value is -1.24. The molecule has 6 heteroatoms. The van der Waals surface area contributed by atoms with Gasteiger partial charge in [-0.15, -0.1) is 11.3 Å². The minimum absolute atomic E-state index is 0.0665. The maximum absolute atomic E-state index is 9.01. The maximum Gasteiger partial charge on any atom is 0.0948 e. The molecule has 2 rings (SSSR count). The first-order valence-electron chi connectivity index (χ1n) is 5.06. The van der Waals surface area contributed by atoms with Crippen LogP contribution in [0, 0.1) is 0 Å². The maximum atomic E-state index is 9.01. The monoisotopic (exact) mass is 238 g/mol. The lowest BCUT2D eigenvalue weighted by molar-refractivity contribution is 0.263. The summed E-state index contributed by atoms with van der Waals surface area (Å²) in [6.45, 7) is 0.722. The third kappa shape index (κ3) is 2.46. The number of hydrogen-bond acceptors (Lipinski definition) is 5. The molecule has 0 amide bonds. The zero-order chi connectivity index (χ0) is 11.4. The number of nitrogens with zero attached hydrogens (tertiary/aromatic N) is 3. The lowest BCUT2D eigenvalue weighted by Gasteiger charge is -2.11. The van der Waals surface area contributed by atoms with Crippen LogP contribution in [0.2, 0.25) is 0 Å². The van der Waals surface area contributed by atoms with Crippen molar-refractivity contribution in [1.29, 1.82) is 0 Å². The molecule has 0 spiro atoms. The molecule has 1 unspecified atom stereocenters. The number of rotatable bonds is 5. The minimum atomic E-state index is -0.362. The first-order chi connectivity index (χ1) is 7.81. The second-order valence-corrected chi connectivity index (χ2v) is 4.46. The van der Waals surface area contributed by atoms with Gasteiger partial charge in [0, 0.05) is 30.7 Å². The molecule has 86 valence electrons. The van der Waals surface area contributed by atoms with Crippen LogP contribution >= 0.6 is 11.3 Å². The number of nitrogens with two attached hydrogens (primary N) is 1. The van der Waals surface area contributed by atoms with Crippen LogP contribution in [0.5, 0.6) is 0 Å². The molecule has 0 saturated carbocycles. The van der Waals surface area contributed by atoms with Gasteiger partial charge in [0.15, 0.2) is 0 Å². The van der Waals surface area contributed by atoms with E-state index in [9.17, 15) is 0 Å². The quantitative estimate of drug-likeness (QED) is 0.798. The largest absolute Gasteiger partial charge is 0.394 e. The Bertz CT molecular complexity index is 426. The summed E-state index contributed by atoms with van der Waals surface area (Å²) in [6.07, 6.45) is 6.09.